The van der Waals surface area contributed by atoms with Crippen LogP contribution in [0.1, 0.15) is 31.9 Å². The first-order valence-corrected chi connectivity index (χ1v) is 7.36. The van der Waals surface area contributed by atoms with Gasteiger partial charge in [-0.2, -0.15) is 0 Å². The predicted octanol–water partition coefficient (Wildman–Crippen LogP) is 4.54. The topological polar surface area (TPSA) is 34.1 Å². The van der Waals surface area contributed by atoms with Crippen LogP contribution in [0.3, 0.4) is 0 Å². The molecule has 112 valence electrons. The number of halogens is 1. The van der Waals surface area contributed by atoms with Crippen molar-refractivity contribution >= 4 is 11.6 Å². The molecule has 0 aliphatic rings. The molecule has 2 aromatic rings. The largest absolute Gasteiger partial charge is 0.439 e. The van der Waals surface area contributed by atoms with Crippen molar-refractivity contribution in [1.82, 2.24) is 10.3 Å². The molecule has 2 rings (SSSR count). The number of rotatable bonds is 4. The molecule has 0 spiro atoms. The van der Waals surface area contributed by atoms with E-state index in [1.165, 1.54) is 0 Å². The van der Waals surface area contributed by atoms with Gasteiger partial charge in [0.15, 0.2) is 0 Å². The first kappa shape index (κ1) is 15.8. The van der Waals surface area contributed by atoms with E-state index in [0.29, 0.717) is 17.4 Å². The number of nitrogens with zero attached hydrogens (tertiary/aromatic N) is 1. The maximum absolute atomic E-state index is 6.12. The average Bonchev–Trinajstić information content (AvgIpc) is 2.42. The highest BCUT2D eigenvalue weighted by atomic mass is 35.5. The molecule has 0 radical (unpaired) electrons. The average molecular weight is 305 g/mol. The third-order valence-corrected chi connectivity index (χ3v) is 3.53. The Bertz CT molecular complexity index is 620. The van der Waals surface area contributed by atoms with E-state index in [-0.39, 0.29) is 5.41 Å². The number of benzene rings is 1. The minimum Gasteiger partial charge on any atom is -0.439 e. The number of aromatic nitrogens is 1. The van der Waals surface area contributed by atoms with Gasteiger partial charge in [-0.05, 0) is 24.1 Å². The standard InChI is InChI=1S/C17H21ClN2O/c1-17(2,3)13-7-5-6-8-15(13)21-16-9-12(10-19-4)14(18)11-20-16/h5-9,11,19H,10H2,1-4H3. The first-order chi connectivity index (χ1) is 9.91. The highest BCUT2D eigenvalue weighted by molar-refractivity contribution is 6.31. The minimum absolute atomic E-state index is 0.0107. The van der Waals surface area contributed by atoms with E-state index in [1.807, 2.05) is 31.3 Å². The van der Waals surface area contributed by atoms with Gasteiger partial charge in [-0.1, -0.05) is 50.6 Å². The van der Waals surface area contributed by atoms with Gasteiger partial charge in [0.05, 0.1) is 5.02 Å². The van der Waals surface area contributed by atoms with Crippen LogP contribution in [0, 0.1) is 0 Å². The van der Waals surface area contributed by atoms with Gasteiger partial charge < -0.3 is 10.1 Å². The number of pyridine rings is 1. The Labute approximate surface area is 131 Å². The monoisotopic (exact) mass is 304 g/mol. The van der Waals surface area contributed by atoms with E-state index in [0.717, 1.165) is 16.9 Å². The molecular formula is C17H21ClN2O. The van der Waals surface area contributed by atoms with Crippen molar-refractivity contribution in [3.8, 4) is 11.6 Å². The van der Waals surface area contributed by atoms with Gasteiger partial charge in [-0.15, -0.1) is 0 Å². The second kappa shape index (κ2) is 6.46. The molecule has 0 aliphatic heterocycles. The molecule has 0 aliphatic carbocycles. The van der Waals surface area contributed by atoms with Crippen LogP contribution < -0.4 is 10.1 Å². The molecule has 0 fully saturated rings. The normalized spacial score (nSPS) is 11.5. The molecule has 0 bridgehead atoms. The number of hydrogen-bond acceptors (Lipinski definition) is 3. The molecule has 1 aromatic carbocycles. The van der Waals surface area contributed by atoms with Crippen LogP contribution in [-0.4, -0.2) is 12.0 Å². The van der Waals surface area contributed by atoms with Crippen molar-refractivity contribution in [3.63, 3.8) is 0 Å². The fourth-order valence-electron chi connectivity index (χ4n) is 2.13. The summed E-state index contributed by atoms with van der Waals surface area (Å²) in [6, 6.07) is 9.91. The van der Waals surface area contributed by atoms with Gasteiger partial charge in [0.25, 0.3) is 0 Å². The molecule has 21 heavy (non-hydrogen) atoms. The number of ether oxygens (including phenoxy) is 1. The van der Waals surface area contributed by atoms with Crippen LogP contribution in [0.5, 0.6) is 11.6 Å². The molecule has 3 nitrogen and oxygen atoms in total. The zero-order chi connectivity index (χ0) is 15.5. The summed E-state index contributed by atoms with van der Waals surface area (Å²) < 4.78 is 5.98. The third-order valence-electron chi connectivity index (χ3n) is 3.19. The number of nitrogens with one attached hydrogen (secondary N) is 1. The van der Waals surface area contributed by atoms with Crippen molar-refractivity contribution in [2.45, 2.75) is 32.7 Å². The third kappa shape index (κ3) is 3.96. The molecule has 0 unspecified atom stereocenters. The van der Waals surface area contributed by atoms with Gasteiger partial charge in [-0.25, -0.2) is 4.98 Å². The maximum atomic E-state index is 6.12. The molecular weight excluding hydrogens is 284 g/mol. The summed E-state index contributed by atoms with van der Waals surface area (Å²) in [4.78, 5) is 4.26. The van der Waals surface area contributed by atoms with Gasteiger partial charge in [0, 0.05) is 24.4 Å². The Morgan fingerprint density at radius 3 is 2.62 bits per heavy atom. The Morgan fingerprint density at radius 2 is 1.95 bits per heavy atom. The fourth-order valence-corrected chi connectivity index (χ4v) is 2.30. The zero-order valence-electron chi connectivity index (χ0n) is 12.9. The fraction of sp³-hybridized carbons (Fsp3) is 0.353. The highest BCUT2D eigenvalue weighted by Crippen LogP contribution is 2.33. The molecule has 4 heteroatoms. The zero-order valence-corrected chi connectivity index (χ0v) is 13.7. The molecule has 1 heterocycles. The van der Waals surface area contributed by atoms with Crippen LogP contribution in [0.25, 0.3) is 0 Å². The number of hydrogen-bond donors (Lipinski definition) is 1. The molecule has 0 saturated heterocycles. The van der Waals surface area contributed by atoms with Crippen molar-refractivity contribution in [3.05, 3.63) is 52.7 Å². The molecule has 1 N–H and O–H groups in total. The van der Waals surface area contributed by atoms with Crippen LogP contribution in [0.15, 0.2) is 36.5 Å². The summed E-state index contributed by atoms with van der Waals surface area (Å²) in [5.41, 5.74) is 2.13. The lowest BCUT2D eigenvalue weighted by Gasteiger charge is -2.22. The summed E-state index contributed by atoms with van der Waals surface area (Å²) in [6.45, 7) is 7.17. The van der Waals surface area contributed by atoms with E-state index in [9.17, 15) is 0 Å². The predicted molar refractivity (Wildman–Crippen MR) is 87.2 cm³/mol. The van der Waals surface area contributed by atoms with E-state index in [4.69, 9.17) is 16.3 Å². The summed E-state index contributed by atoms with van der Waals surface area (Å²) in [6.07, 6.45) is 1.63. The van der Waals surface area contributed by atoms with Crippen LogP contribution >= 0.6 is 11.6 Å². The van der Waals surface area contributed by atoms with E-state index in [1.54, 1.807) is 6.20 Å². The summed E-state index contributed by atoms with van der Waals surface area (Å²) in [5.74, 6) is 1.39. The Kier molecular flexibility index (Phi) is 4.86. The van der Waals surface area contributed by atoms with E-state index in [2.05, 4.69) is 37.1 Å². The summed E-state index contributed by atoms with van der Waals surface area (Å²) in [5, 5.41) is 3.72. The van der Waals surface area contributed by atoms with Gasteiger partial charge in [0.2, 0.25) is 5.88 Å². The van der Waals surface area contributed by atoms with Crippen molar-refractivity contribution in [2.75, 3.05) is 7.05 Å². The lowest BCUT2D eigenvalue weighted by Crippen LogP contribution is -2.12. The highest BCUT2D eigenvalue weighted by Gasteiger charge is 2.19. The van der Waals surface area contributed by atoms with Gasteiger partial charge in [-0.3, -0.25) is 0 Å². The summed E-state index contributed by atoms with van der Waals surface area (Å²) >= 11 is 6.12. The lowest BCUT2D eigenvalue weighted by molar-refractivity contribution is 0.439. The van der Waals surface area contributed by atoms with Crippen molar-refractivity contribution in [1.29, 1.82) is 0 Å². The Hall–Kier alpha value is -1.58. The van der Waals surface area contributed by atoms with Crippen molar-refractivity contribution in [2.24, 2.45) is 0 Å². The second-order valence-corrected chi connectivity index (χ2v) is 6.40. The molecule has 0 atom stereocenters. The minimum atomic E-state index is 0.0107. The maximum Gasteiger partial charge on any atom is 0.219 e. The van der Waals surface area contributed by atoms with Gasteiger partial charge >= 0.3 is 0 Å². The summed E-state index contributed by atoms with van der Waals surface area (Å²) in [7, 11) is 1.88. The number of para-hydroxylation sites is 1. The van der Waals surface area contributed by atoms with Crippen LogP contribution in [-0.2, 0) is 12.0 Å². The van der Waals surface area contributed by atoms with Crippen molar-refractivity contribution < 1.29 is 4.74 Å². The lowest BCUT2D eigenvalue weighted by atomic mass is 9.86. The van der Waals surface area contributed by atoms with Gasteiger partial charge in [0.1, 0.15) is 5.75 Å². The Morgan fingerprint density at radius 1 is 1.24 bits per heavy atom. The molecule has 0 saturated carbocycles. The van der Waals surface area contributed by atoms with E-state index >= 15 is 0 Å². The smallest absolute Gasteiger partial charge is 0.219 e. The van der Waals surface area contributed by atoms with Crippen LogP contribution in [0.2, 0.25) is 5.02 Å². The Balaban J connectivity index is 2.33. The quantitative estimate of drug-likeness (QED) is 0.900. The van der Waals surface area contributed by atoms with E-state index < -0.39 is 0 Å². The molecule has 1 aromatic heterocycles. The van der Waals surface area contributed by atoms with Crippen LogP contribution in [0.4, 0.5) is 0 Å². The molecule has 0 amide bonds. The second-order valence-electron chi connectivity index (χ2n) is 5.99. The first-order valence-electron chi connectivity index (χ1n) is 6.98. The SMILES string of the molecule is CNCc1cc(Oc2ccccc2C(C)(C)C)ncc1Cl.